The first kappa shape index (κ1) is 34.3. The van der Waals surface area contributed by atoms with Crippen molar-refractivity contribution in [3.8, 4) is 34.0 Å². The predicted octanol–water partition coefficient (Wildman–Crippen LogP) is 11.0. The van der Waals surface area contributed by atoms with Gasteiger partial charge in [-0.05, 0) is 60.7 Å². The van der Waals surface area contributed by atoms with E-state index in [0.717, 1.165) is 54.2 Å². The SMILES string of the molecule is CCCCCCCCCCCOc1ccc(-c2ncc(-c3ccc(OC(=O)CCCCCCC(C)CC)cc3)cn2)cc1. The number of carbonyl (C=O) groups is 1. The quantitative estimate of drug-likeness (QED) is 0.0665. The highest BCUT2D eigenvalue weighted by Gasteiger charge is 2.08. The van der Waals surface area contributed by atoms with Crippen LogP contribution in [0.15, 0.2) is 60.9 Å². The van der Waals surface area contributed by atoms with Crippen molar-refractivity contribution in [3.05, 3.63) is 60.9 Å². The highest BCUT2D eigenvalue weighted by molar-refractivity contribution is 5.73. The second-order valence-corrected chi connectivity index (χ2v) is 12.0. The minimum Gasteiger partial charge on any atom is -0.494 e. The predicted molar refractivity (Wildman–Crippen MR) is 178 cm³/mol. The minimum absolute atomic E-state index is 0.165. The van der Waals surface area contributed by atoms with Gasteiger partial charge < -0.3 is 9.47 Å². The average Bonchev–Trinajstić information content (AvgIpc) is 3.04. The van der Waals surface area contributed by atoms with Crippen molar-refractivity contribution in [2.24, 2.45) is 5.92 Å². The summed E-state index contributed by atoms with van der Waals surface area (Å²) in [6.45, 7) is 7.57. The molecule has 2 aromatic carbocycles. The molecule has 0 amide bonds. The average molecular weight is 587 g/mol. The van der Waals surface area contributed by atoms with Gasteiger partial charge in [-0.2, -0.15) is 0 Å². The molecule has 1 unspecified atom stereocenters. The van der Waals surface area contributed by atoms with Crippen LogP contribution in [0.5, 0.6) is 11.5 Å². The third-order valence-corrected chi connectivity index (χ3v) is 8.23. The Balaban J connectivity index is 1.35. The summed E-state index contributed by atoms with van der Waals surface area (Å²) < 4.78 is 11.5. The largest absolute Gasteiger partial charge is 0.494 e. The first-order chi connectivity index (χ1) is 21.1. The lowest BCUT2D eigenvalue weighted by Crippen LogP contribution is -2.07. The normalized spacial score (nSPS) is 11.8. The Bertz CT molecular complexity index is 1140. The summed E-state index contributed by atoms with van der Waals surface area (Å²) in [5.41, 5.74) is 2.85. The smallest absolute Gasteiger partial charge is 0.311 e. The van der Waals surface area contributed by atoms with E-state index in [2.05, 4.69) is 30.7 Å². The van der Waals surface area contributed by atoms with Crippen molar-refractivity contribution < 1.29 is 14.3 Å². The number of nitrogens with zero attached hydrogens (tertiary/aromatic N) is 2. The maximum absolute atomic E-state index is 12.2. The lowest BCUT2D eigenvalue weighted by molar-refractivity contribution is -0.134. The van der Waals surface area contributed by atoms with Gasteiger partial charge in [0.25, 0.3) is 0 Å². The Kier molecular flexibility index (Phi) is 16.5. The number of benzene rings is 2. The summed E-state index contributed by atoms with van der Waals surface area (Å²) >= 11 is 0. The van der Waals surface area contributed by atoms with Gasteiger partial charge in [-0.3, -0.25) is 4.79 Å². The summed E-state index contributed by atoms with van der Waals surface area (Å²) in [6.07, 6.45) is 22.9. The number of ether oxygens (including phenoxy) is 2. The van der Waals surface area contributed by atoms with E-state index in [1.54, 1.807) is 0 Å². The number of hydrogen-bond donors (Lipinski definition) is 0. The van der Waals surface area contributed by atoms with Crippen molar-refractivity contribution >= 4 is 5.97 Å². The zero-order chi connectivity index (χ0) is 30.5. The molecule has 3 rings (SSSR count). The fourth-order valence-corrected chi connectivity index (χ4v) is 5.15. The molecule has 1 atom stereocenters. The van der Waals surface area contributed by atoms with E-state index in [4.69, 9.17) is 9.47 Å². The van der Waals surface area contributed by atoms with Crippen molar-refractivity contribution in [1.82, 2.24) is 9.97 Å². The highest BCUT2D eigenvalue weighted by atomic mass is 16.5. The number of aromatic nitrogens is 2. The Morgan fingerprint density at radius 1 is 0.651 bits per heavy atom. The lowest BCUT2D eigenvalue weighted by atomic mass is 10.0. The molecule has 0 fully saturated rings. The van der Waals surface area contributed by atoms with E-state index >= 15 is 0 Å². The Morgan fingerprint density at radius 2 is 1.21 bits per heavy atom. The Hall–Kier alpha value is -3.21. The number of carbonyl (C=O) groups excluding carboxylic acids is 1. The van der Waals surface area contributed by atoms with Gasteiger partial charge in [0.2, 0.25) is 0 Å². The van der Waals surface area contributed by atoms with Crippen LogP contribution < -0.4 is 9.47 Å². The first-order valence-corrected chi connectivity index (χ1v) is 17.0. The fraction of sp³-hybridized carbons (Fsp3) is 0.553. The van der Waals surface area contributed by atoms with Gasteiger partial charge in [0.15, 0.2) is 5.82 Å². The molecule has 0 saturated heterocycles. The molecule has 0 aliphatic carbocycles. The number of unbranched alkanes of at least 4 members (excludes halogenated alkanes) is 11. The molecular formula is C38H54N2O3. The minimum atomic E-state index is -0.165. The zero-order valence-corrected chi connectivity index (χ0v) is 27.0. The second kappa shape index (κ2) is 20.7. The van der Waals surface area contributed by atoms with E-state index in [9.17, 15) is 4.79 Å². The Labute approximate surface area is 260 Å². The molecule has 0 aliphatic rings. The van der Waals surface area contributed by atoms with Gasteiger partial charge in [0, 0.05) is 29.9 Å². The first-order valence-electron chi connectivity index (χ1n) is 17.0. The lowest BCUT2D eigenvalue weighted by Gasteiger charge is -2.08. The van der Waals surface area contributed by atoms with Gasteiger partial charge >= 0.3 is 5.97 Å². The molecule has 43 heavy (non-hydrogen) atoms. The summed E-state index contributed by atoms with van der Waals surface area (Å²) in [4.78, 5) is 21.4. The molecule has 234 valence electrons. The molecule has 0 aliphatic heterocycles. The van der Waals surface area contributed by atoms with Crippen LogP contribution in [0, 0.1) is 5.92 Å². The molecule has 0 spiro atoms. The van der Waals surface area contributed by atoms with E-state index in [-0.39, 0.29) is 5.97 Å². The second-order valence-electron chi connectivity index (χ2n) is 12.0. The fourth-order valence-electron chi connectivity index (χ4n) is 5.15. The van der Waals surface area contributed by atoms with Gasteiger partial charge in [0.1, 0.15) is 11.5 Å². The molecule has 0 N–H and O–H groups in total. The van der Waals surface area contributed by atoms with Crippen LogP contribution in [0.25, 0.3) is 22.5 Å². The molecule has 5 nitrogen and oxygen atoms in total. The number of hydrogen-bond acceptors (Lipinski definition) is 5. The molecule has 0 saturated carbocycles. The van der Waals surface area contributed by atoms with Gasteiger partial charge in [-0.25, -0.2) is 9.97 Å². The van der Waals surface area contributed by atoms with Gasteiger partial charge in [-0.15, -0.1) is 0 Å². The maximum atomic E-state index is 12.2. The topological polar surface area (TPSA) is 61.3 Å². The summed E-state index contributed by atoms with van der Waals surface area (Å²) in [5, 5.41) is 0. The third kappa shape index (κ3) is 13.8. The van der Waals surface area contributed by atoms with Crippen LogP contribution in [0.3, 0.4) is 0 Å². The van der Waals surface area contributed by atoms with E-state index in [1.807, 2.05) is 60.9 Å². The standard InChI is InChI=1S/C38H54N2O3/c1-4-6-7-8-9-10-11-14-17-28-42-35-24-22-33(23-25-35)38-39-29-34(30-40-38)32-20-26-36(27-21-32)43-37(41)19-16-13-12-15-18-31(3)5-2/h20-27,29-31H,4-19,28H2,1-3H3. The van der Waals surface area contributed by atoms with Gasteiger partial charge in [0.05, 0.1) is 6.61 Å². The van der Waals surface area contributed by atoms with Crippen LogP contribution >= 0.6 is 0 Å². The van der Waals surface area contributed by atoms with Crippen LogP contribution in [0.4, 0.5) is 0 Å². The van der Waals surface area contributed by atoms with Crippen molar-refractivity contribution in [2.45, 2.75) is 124 Å². The molecule has 1 heterocycles. The summed E-state index contributed by atoms with van der Waals surface area (Å²) in [6, 6.07) is 15.6. The molecule has 1 aromatic heterocycles. The van der Waals surface area contributed by atoms with E-state index in [1.165, 1.54) is 77.0 Å². The Morgan fingerprint density at radius 3 is 1.86 bits per heavy atom. The zero-order valence-electron chi connectivity index (χ0n) is 27.0. The molecule has 0 radical (unpaired) electrons. The van der Waals surface area contributed by atoms with Crippen LogP contribution in [0.2, 0.25) is 0 Å². The van der Waals surface area contributed by atoms with E-state index in [0.29, 0.717) is 18.0 Å². The van der Waals surface area contributed by atoms with Crippen molar-refractivity contribution in [2.75, 3.05) is 6.61 Å². The highest BCUT2D eigenvalue weighted by Crippen LogP contribution is 2.25. The van der Waals surface area contributed by atoms with Gasteiger partial charge in [-0.1, -0.05) is 116 Å². The van der Waals surface area contributed by atoms with Crippen molar-refractivity contribution in [3.63, 3.8) is 0 Å². The van der Waals surface area contributed by atoms with Crippen LogP contribution in [-0.4, -0.2) is 22.5 Å². The molecule has 5 heteroatoms. The maximum Gasteiger partial charge on any atom is 0.311 e. The van der Waals surface area contributed by atoms with Crippen LogP contribution in [0.1, 0.15) is 124 Å². The van der Waals surface area contributed by atoms with Crippen LogP contribution in [-0.2, 0) is 4.79 Å². The van der Waals surface area contributed by atoms with E-state index < -0.39 is 0 Å². The summed E-state index contributed by atoms with van der Waals surface area (Å²) in [7, 11) is 0. The molecular weight excluding hydrogens is 532 g/mol. The number of esters is 1. The monoisotopic (exact) mass is 586 g/mol. The molecule has 0 bridgehead atoms. The summed E-state index contributed by atoms with van der Waals surface area (Å²) in [5.74, 6) is 2.78. The van der Waals surface area contributed by atoms with Crippen molar-refractivity contribution in [1.29, 1.82) is 0 Å². The molecule has 3 aromatic rings. The number of rotatable bonds is 22. The third-order valence-electron chi connectivity index (χ3n) is 8.23.